The van der Waals surface area contributed by atoms with Gasteiger partial charge >= 0.3 is 0 Å². The van der Waals surface area contributed by atoms with Crippen LogP contribution in [0.5, 0.6) is 5.75 Å². The average Bonchev–Trinajstić information content (AvgIpc) is 2.05. The molecule has 0 N–H and O–H groups in total. The molecule has 0 spiro atoms. The summed E-state index contributed by atoms with van der Waals surface area (Å²) in [6.45, 7) is 0. The quantitative estimate of drug-likeness (QED) is 0.746. The largest absolute Gasteiger partial charge is 0.545 e. The Hall–Kier alpha value is -0.780. The first-order valence-electron chi connectivity index (χ1n) is 3.20. The maximum Gasteiger partial charge on any atom is 0.132 e. The zero-order valence-electron chi connectivity index (χ0n) is 6.33. The highest BCUT2D eigenvalue weighted by molar-refractivity contribution is 14.1. The summed E-state index contributed by atoms with van der Waals surface area (Å²) in [5.74, 6) is -0.637. The number of hydrogen-bond donors (Lipinski definition) is 0. The number of carbonyl (C=O) groups excluding carboxylic acids is 1. The Morgan fingerprint density at radius 3 is 2.75 bits per heavy atom. The second kappa shape index (κ2) is 3.75. The van der Waals surface area contributed by atoms with Crippen LogP contribution in [0.15, 0.2) is 18.2 Å². The van der Waals surface area contributed by atoms with Gasteiger partial charge < -0.3 is 14.6 Å². The van der Waals surface area contributed by atoms with E-state index in [1.54, 1.807) is 6.07 Å². The number of hydrogen-bond acceptors (Lipinski definition) is 3. The van der Waals surface area contributed by atoms with Crippen LogP contribution >= 0.6 is 22.6 Å². The van der Waals surface area contributed by atoms with E-state index in [1.807, 2.05) is 0 Å². The van der Waals surface area contributed by atoms with Crippen molar-refractivity contribution in [1.82, 2.24) is 0 Å². The lowest BCUT2D eigenvalue weighted by Crippen LogP contribution is -2.22. The normalized spacial score (nSPS) is 9.50. The smallest absolute Gasteiger partial charge is 0.132 e. The minimum absolute atomic E-state index is 0.132. The first-order valence-corrected chi connectivity index (χ1v) is 4.28. The molecule has 1 aromatic carbocycles. The Morgan fingerprint density at radius 2 is 2.25 bits per heavy atom. The van der Waals surface area contributed by atoms with Crippen LogP contribution in [0.2, 0.25) is 0 Å². The second-order valence-corrected chi connectivity index (χ2v) is 3.30. The number of carboxylic acid groups (broad SMARTS) is 1. The summed E-state index contributed by atoms with van der Waals surface area (Å²) in [6, 6.07) is 4.60. The third-order valence-corrected chi connectivity index (χ3v) is 2.28. The zero-order valence-corrected chi connectivity index (χ0v) is 8.49. The van der Waals surface area contributed by atoms with Crippen LogP contribution in [-0.4, -0.2) is 13.1 Å². The molecule has 0 aliphatic rings. The van der Waals surface area contributed by atoms with E-state index >= 15 is 0 Å². The summed E-state index contributed by atoms with van der Waals surface area (Å²) in [5.41, 5.74) is 0.132. The third-order valence-electron chi connectivity index (χ3n) is 1.39. The van der Waals surface area contributed by atoms with Crippen molar-refractivity contribution in [3.05, 3.63) is 27.3 Å². The molecule has 0 amide bonds. The summed E-state index contributed by atoms with van der Waals surface area (Å²) in [6.07, 6.45) is 0. The summed E-state index contributed by atoms with van der Waals surface area (Å²) in [4.78, 5) is 10.4. The molecular formula is C8H6IO3-. The lowest BCUT2D eigenvalue weighted by atomic mass is 10.2. The first-order chi connectivity index (χ1) is 5.65. The van der Waals surface area contributed by atoms with Gasteiger partial charge in [-0.05, 0) is 34.7 Å². The molecular weight excluding hydrogens is 271 g/mol. The lowest BCUT2D eigenvalue weighted by molar-refractivity contribution is -0.255. The Bertz CT molecular complexity index is 309. The molecule has 0 aromatic heterocycles. The van der Waals surface area contributed by atoms with Gasteiger partial charge in [0.1, 0.15) is 5.75 Å². The number of halogens is 1. The molecule has 0 heterocycles. The molecule has 1 rings (SSSR count). The van der Waals surface area contributed by atoms with Gasteiger partial charge in [0.25, 0.3) is 0 Å². The Balaban J connectivity index is 3.13. The van der Waals surface area contributed by atoms with Crippen molar-refractivity contribution in [3.8, 4) is 5.75 Å². The average molecular weight is 277 g/mol. The van der Waals surface area contributed by atoms with Gasteiger partial charge in [-0.2, -0.15) is 0 Å². The van der Waals surface area contributed by atoms with Crippen molar-refractivity contribution in [2.75, 3.05) is 7.11 Å². The molecule has 0 radical (unpaired) electrons. The van der Waals surface area contributed by atoms with Gasteiger partial charge in [-0.15, -0.1) is 0 Å². The predicted molar refractivity (Wildman–Crippen MR) is 50.0 cm³/mol. The molecule has 12 heavy (non-hydrogen) atoms. The molecule has 0 unspecified atom stereocenters. The number of benzene rings is 1. The van der Waals surface area contributed by atoms with Crippen molar-refractivity contribution in [1.29, 1.82) is 0 Å². The monoisotopic (exact) mass is 277 g/mol. The van der Waals surface area contributed by atoms with Crippen LogP contribution in [0, 0.1) is 3.57 Å². The highest BCUT2D eigenvalue weighted by Gasteiger charge is 2.00. The van der Waals surface area contributed by atoms with E-state index in [1.165, 1.54) is 19.2 Å². The van der Waals surface area contributed by atoms with Crippen LogP contribution in [-0.2, 0) is 0 Å². The van der Waals surface area contributed by atoms with E-state index in [4.69, 9.17) is 4.74 Å². The topological polar surface area (TPSA) is 49.4 Å². The molecule has 0 fully saturated rings. The van der Waals surface area contributed by atoms with Crippen molar-refractivity contribution >= 4 is 28.6 Å². The molecule has 0 aliphatic heterocycles. The molecule has 0 saturated carbocycles. The Morgan fingerprint density at radius 1 is 1.58 bits per heavy atom. The summed E-state index contributed by atoms with van der Waals surface area (Å²) in [7, 11) is 1.50. The highest BCUT2D eigenvalue weighted by Crippen LogP contribution is 2.21. The van der Waals surface area contributed by atoms with Crippen molar-refractivity contribution in [2.45, 2.75) is 0 Å². The second-order valence-electron chi connectivity index (χ2n) is 2.14. The molecule has 4 heteroatoms. The highest BCUT2D eigenvalue weighted by atomic mass is 127. The van der Waals surface area contributed by atoms with Crippen LogP contribution in [0.3, 0.4) is 0 Å². The molecule has 0 aliphatic carbocycles. The number of aromatic carboxylic acids is 1. The SMILES string of the molecule is COc1cc(C(=O)[O-])ccc1I. The van der Waals surface area contributed by atoms with Gasteiger partial charge in [0.05, 0.1) is 16.6 Å². The molecule has 0 saturated heterocycles. The molecule has 0 atom stereocenters. The molecule has 3 nitrogen and oxygen atoms in total. The fourth-order valence-electron chi connectivity index (χ4n) is 0.787. The van der Waals surface area contributed by atoms with E-state index < -0.39 is 5.97 Å². The minimum atomic E-state index is -1.19. The van der Waals surface area contributed by atoms with Crippen molar-refractivity contribution in [3.63, 3.8) is 0 Å². The van der Waals surface area contributed by atoms with Gasteiger partial charge in [0.2, 0.25) is 0 Å². The van der Waals surface area contributed by atoms with Gasteiger partial charge in [-0.1, -0.05) is 6.07 Å². The fraction of sp³-hybridized carbons (Fsp3) is 0.125. The maximum absolute atomic E-state index is 10.4. The van der Waals surface area contributed by atoms with E-state index in [0.29, 0.717) is 5.75 Å². The summed E-state index contributed by atoms with van der Waals surface area (Å²) < 4.78 is 5.81. The van der Waals surface area contributed by atoms with E-state index in [0.717, 1.165) is 3.57 Å². The van der Waals surface area contributed by atoms with Crippen LogP contribution < -0.4 is 9.84 Å². The van der Waals surface area contributed by atoms with E-state index in [2.05, 4.69) is 22.6 Å². The number of carboxylic acids is 1. The van der Waals surface area contributed by atoms with Crippen molar-refractivity contribution < 1.29 is 14.6 Å². The number of ether oxygens (including phenoxy) is 1. The Labute approximate surface area is 83.5 Å². The summed E-state index contributed by atoms with van der Waals surface area (Å²) in [5, 5.41) is 10.4. The number of rotatable bonds is 2. The van der Waals surface area contributed by atoms with Crippen LogP contribution in [0.4, 0.5) is 0 Å². The number of methoxy groups -OCH3 is 1. The lowest BCUT2D eigenvalue weighted by Gasteiger charge is -2.06. The molecule has 0 bridgehead atoms. The fourth-order valence-corrected chi connectivity index (χ4v) is 1.34. The third kappa shape index (κ3) is 1.88. The minimum Gasteiger partial charge on any atom is -0.545 e. The first kappa shape index (κ1) is 9.31. The summed E-state index contributed by atoms with van der Waals surface area (Å²) >= 11 is 2.06. The van der Waals surface area contributed by atoms with Crippen LogP contribution in [0.25, 0.3) is 0 Å². The molecule has 1 aromatic rings. The van der Waals surface area contributed by atoms with Crippen molar-refractivity contribution in [2.24, 2.45) is 0 Å². The van der Waals surface area contributed by atoms with Gasteiger partial charge in [-0.3, -0.25) is 0 Å². The predicted octanol–water partition coefficient (Wildman–Crippen LogP) is 0.663. The standard InChI is InChI=1S/C8H7IO3/c1-12-7-4-5(8(10)11)2-3-6(7)9/h2-4H,1H3,(H,10,11)/p-1. The maximum atomic E-state index is 10.4. The molecule has 64 valence electrons. The van der Waals surface area contributed by atoms with E-state index in [9.17, 15) is 9.90 Å². The zero-order chi connectivity index (χ0) is 9.14. The number of carbonyl (C=O) groups is 1. The Kier molecular flexibility index (Phi) is 2.91. The van der Waals surface area contributed by atoms with E-state index in [-0.39, 0.29) is 5.56 Å². The van der Waals surface area contributed by atoms with Crippen LogP contribution in [0.1, 0.15) is 10.4 Å². The van der Waals surface area contributed by atoms with Gasteiger partial charge in [0.15, 0.2) is 0 Å². The van der Waals surface area contributed by atoms with Gasteiger partial charge in [0, 0.05) is 5.56 Å². The van der Waals surface area contributed by atoms with Gasteiger partial charge in [-0.25, -0.2) is 0 Å².